The molecule has 10 heteroatoms. The van der Waals surface area contributed by atoms with Crippen LogP contribution in [0.15, 0.2) is 11.6 Å². The SMILES string of the molecule is COC(=O)C(CC1=CCC2CC1C2(C)C)(NC(=O)C(F)(F)F)C(F)(F)F. The van der Waals surface area contributed by atoms with Crippen LogP contribution in [0.25, 0.3) is 0 Å². The van der Waals surface area contributed by atoms with Gasteiger partial charge in [0.15, 0.2) is 0 Å². The Morgan fingerprint density at radius 3 is 2.19 bits per heavy atom. The Hall–Kier alpha value is -1.74. The van der Waals surface area contributed by atoms with Gasteiger partial charge in [0.05, 0.1) is 7.11 Å². The summed E-state index contributed by atoms with van der Waals surface area (Å²) in [7, 11) is 0.626. The number of esters is 1. The Bertz CT molecular complexity index is 637. The van der Waals surface area contributed by atoms with Crippen molar-refractivity contribution in [2.45, 2.75) is 51.0 Å². The van der Waals surface area contributed by atoms with E-state index in [1.807, 2.05) is 13.8 Å². The summed E-state index contributed by atoms with van der Waals surface area (Å²) in [4.78, 5) is 23.2. The van der Waals surface area contributed by atoms with Gasteiger partial charge >= 0.3 is 24.2 Å². The van der Waals surface area contributed by atoms with Crippen LogP contribution in [0, 0.1) is 17.3 Å². The molecule has 0 aromatic carbocycles. The first-order valence-corrected chi connectivity index (χ1v) is 7.90. The number of allylic oxidation sites excluding steroid dienone is 1. The van der Waals surface area contributed by atoms with Crippen LogP contribution >= 0.6 is 0 Å². The lowest BCUT2D eigenvalue weighted by Gasteiger charge is -2.57. The third-order valence-electron chi connectivity index (χ3n) is 5.65. The normalized spacial score (nSPS) is 26.9. The summed E-state index contributed by atoms with van der Waals surface area (Å²) in [6.45, 7) is 3.72. The molecule has 1 fully saturated rings. The number of rotatable bonds is 4. The number of hydrogen-bond donors (Lipinski definition) is 1. The molecule has 3 unspecified atom stereocenters. The van der Waals surface area contributed by atoms with Gasteiger partial charge in [-0.2, -0.15) is 26.3 Å². The Balaban J connectivity index is 2.45. The molecule has 148 valence electrons. The average molecular weight is 387 g/mol. The van der Waals surface area contributed by atoms with Crippen LogP contribution < -0.4 is 5.32 Å². The van der Waals surface area contributed by atoms with Gasteiger partial charge in [0.2, 0.25) is 5.54 Å². The van der Waals surface area contributed by atoms with Crippen molar-refractivity contribution in [2.24, 2.45) is 17.3 Å². The Morgan fingerprint density at radius 2 is 1.81 bits per heavy atom. The lowest BCUT2D eigenvalue weighted by molar-refractivity contribution is -0.220. The Kier molecular flexibility index (Phi) is 4.87. The number of alkyl halides is 6. The average Bonchev–Trinajstić information content (AvgIpc) is 2.51. The zero-order valence-corrected chi connectivity index (χ0v) is 14.3. The van der Waals surface area contributed by atoms with E-state index in [2.05, 4.69) is 4.74 Å². The standard InChI is InChI=1S/C16H19F6NO3/c1-13(2)9-5-4-8(10(13)6-9)7-14(12(25)26-3,16(20,21)22)23-11(24)15(17,18)19/h4,9-10H,5-7H2,1-3H3,(H,23,24). The molecule has 0 aromatic rings. The van der Waals surface area contributed by atoms with Gasteiger partial charge in [-0.1, -0.05) is 25.5 Å². The molecule has 0 spiro atoms. The van der Waals surface area contributed by atoms with Gasteiger partial charge in [-0.15, -0.1) is 0 Å². The third kappa shape index (κ3) is 3.18. The summed E-state index contributed by atoms with van der Waals surface area (Å²) >= 11 is 0. The first-order valence-electron chi connectivity index (χ1n) is 7.90. The van der Waals surface area contributed by atoms with E-state index in [9.17, 15) is 35.9 Å². The van der Waals surface area contributed by atoms with E-state index in [0.29, 0.717) is 20.0 Å². The minimum Gasteiger partial charge on any atom is -0.467 e. The van der Waals surface area contributed by atoms with Crippen LogP contribution in [0.1, 0.15) is 33.1 Å². The van der Waals surface area contributed by atoms with Crippen LogP contribution in [0.4, 0.5) is 26.3 Å². The second kappa shape index (κ2) is 6.16. The lowest BCUT2D eigenvalue weighted by Crippen LogP contribution is -2.67. The molecule has 26 heavy (non-hydrogen) atoms. The van der Waals surface area contributed by atoms with Crippen molar-refractivity contribution in [3.63, 3.8) is 0 Å². The zero-order valence-electron chi connectivity index (χ0n) is 14.3. The molecule has 0 aromatic heterocycles. The summed E-state index contributed by atoms with van der Waals surface area (Å²) in [5.74, 6) is -4.85. The maximum absolute atomic E-state index is 13.7. The van der Waals surface area contributed by atoms with Crippen LogP contribution in [-0.4, -0.2) is 36.9 Å². The molecule has 0 heterocycles. The second-order valence-corrected chi connectivity index (χ2v) is 7.34. The lowest BCUT2D eigenvalue weighted by atomic mass is 9.48. The summed E-state index contributed by atoms with van der Waals surface area (Å²) in [5, 5.41) is 0.869. The molecular formula is C16H19F6NO3. The van der Waals surface area contributed by atoms with E-state index >= 15 is 0 Å². The van der Waals surface area contributed by atoms with Gasteiger partial charge in [-0.3, -0.25) is 4.79 Å². The largest absolute Gasteiger partial charge is 0.471 e. The van der Waals surface area contributed by atoms with E-state index < -0.39 is 36.2 Å². The molecule has 3 rings (SSSR count). The highest BCUT2D eigenvalue weighted by Gasteiger charge is 2.66. The second-order valence-electron chi connectivity index (χ2n) is 7.34. The van der Waals surface area contributed by atoms with E-state index in [1.165, 1.54) is 6.08 Å². The van der Waals surface area contributed by atoms with Crippen molar-refractivity contribution >= 4 is 11.9 Å². The Morgan fingerprint density at radius 1 is 1.23 bits per heavy atom. The fraction of sp³-hybridized carbons (Fsp3) is 0.750. The molecule has 2 bridgehead atoms. The summed E-state index contributed by atoms with van der Waals surface area (Å²) in [6.07, 6.45) is -9.57. The smallest absolute Gasteiger partial charge is 0.467 e. The number of amides is 1. The highest BCUT2D eigenvalue weighted by molar-refractivity contribution is 5.91. The van der Waals surface area contributed by atoms with Gasteiger partial charge in [-0.25, -0.2) is 4.79 Å². The van der Waals surface area contributed by atoms with E-state index in [1.54, 1.807) is 0 Å². The molecule has 3 aliphatic carbocycles. The molecule has 3 aliphatic rings. The number of fused-ring (bicyclic) bond motifs is 1. The molecule has 0 radical (unpaired) electrons. The summed E-state index contributed by atoms with van der Waals surface area (Å²) in [6, 6.07) is 0. The number of nitrogens with one attached hydrogen (secondary N) is 1. The maximum Gasteiger partial charge on any atom is 0.471 e. The molecule has 3 atom stereocenters. The fourth-order valence-electron chi connectivity index (χ4n) is 3.88. The highest BCUT2D eigenvalue weighted by atomic mass is 19.4. The molecule has 0 saturated heterocycles. The minimum absolute atomic E-state index is 0.211. The van der Waals surface area contributed by atoms with Crippen molar-refractivity contribution in [3.05, 3.63) is 11.6 Å². The van der Waals surface area contributed by atoms with Crippen LogP contribution in [0.3, 0.4) is 0 Å². The topological polar surface area (TPSA) is 55.4 Å². The molecular weight excluding hydrogens is 368 g/mol. The first-order chi connectivity index (χ1) is 11.7. The number of hydrogen-bond acceptors (Lipinski definition) is 3. The van der Waals surface area contributed by atoms with Crippen LogP contribution in [0.2, 0.25) is 0 Å². The molecule has 4 nitrogen and oxygen atoms in total. The Labute approximate surface area is 145 Å². The van der Waals surface area contributed by atoms with Gasteiger partial charge < -0.3 is 10.1 Å². The quantitative estimate of drug-likeness (QED) is 0.456. The van der Waals surface area contributed by atoms with Crippen molar-refractivity contribution in [1.82, 2.24) is 5.32 Å². The van der Waals surface area contributed by atoms with Gasteiger partial charge in [-0.05, 0) is 30.1 Å². The van der Waals surface area contributed by atoms with E-state index in [0.717, 1.165) is 5.32 Å². The van der Waals surface area contributed by atoms with Crippen molar-refractivity contribution in [3.8, 4) is 0 Å². The van der Waals surface area contributed by atoms with Crippen molar-refractivity contribution in [2.75, 3.05) is 7.11 Å². The molecule has 1 amide bonds. The molecule has 1 N–H and O–H groups in total. The fourth-order valence-corrected chi connectivity index (χ4v) is 3.88. The monoisotopic (exact) mass is 387 g/mol. The number of halogens is 6. The van der Waals surface area contributed by atoms with E-state index in [-0.39, 0.29) is 22.8 Å². The summed E-state index contributed by atoms with van der Waals surface area (Å²) in [5.41, 5.74) is -3.90. The molecule has 1 saturated carbocycles. The van der Waals surface area contributed by atoms with E-state index in [4.69, 9.17) is 0 Å². The zero-order chi connectivity index (χ0) is 20.1. The predicted molar refractivity (Wildman–Crippen MR) is 77.7 cm³/mol. The predicted octanol–water partition coefficient (Wildman–Crippen LogP) is 3.52. The highest BCUT2D eigenvalue weighted by Crippen LogP contribution is 2.60. The van der Waals surface area contributed by atoms with Gasteiger partial charge in [0.1, 0.15) is 0 Å². The number of methoxy groups -OCH3 is 1. The van der Waals surface area contributed by atoms with Gasteiger partial charge in [0.25, 0.3) is 0 Å². The van der Waals surface area contributed by atoms with Crippen LogP contribution in [0.5, 0.6) is 0 Å². The van der Waals surface area contributed by atoms with Gasteiger partial charge in [0, 0.05) is 6.42 Å². The summed E-state index contributed by atoms with van der Waals surface area (Å²) < 4.78 is 83.1. The first kappa shape index (κ1) is 20.6. The minimum atomic E-state index is -5.58. The third-order valence-corrected chi connectivity index (χ3v) is 5.65. The number of ether oxygens (including phenoxy) is 1. The molecule has 0 aliphatic heterocycles. The number of carbonyl (C=O) groups is 2. The van der Waals surface area contributed by atoms with Crippen LogP contribution in [-0.2, 0) is 14.3 Å². The number of carbonyl (C=O) groups excluding carboxylic acids is 2. The van der Waals surface area contributed by atoms with Crippen molar-refractivity contribution < 1.29 is 40.7 Å². The van der Waals surface area contributed by atoms with Crippen molar-refractivity contribution in [1.29, 1.82) is 0 Å². The maximum atomic E-state index is 13.7.